The molecular formula is C20H24N4O2. The Hall–Kier alpha value is -2.89. The molecule has 0 saturated heterocycles. The van der Waals surface area contributed by atoms with Crippen LogP contribution < -0.4 is 5.32 Å². The van der Waals surface area contributed by atoms with Crippen molar-refractivity contribution in [3.8, 4) is 0 Å². The normalized spacial score (nSPS) is 10.9. The third kappa shape index (κ3) is 4.20. The van der Waals surface area contributed by atoms with Crippen molar-refractivity contribution in [3.05, 3.63) is 70.4 Å². The fourth-order valence-corrected chi connectivity index (χ4v) is 2.96. The van der Waals surface area contributed by atoms with Crippen LogP contribution in [0.5, 0.6) is 0 Å². The molecule has 3 rings (SSSR count). The molecule has 136 valence electrons. The van der Waals surface area contributed by atoms with Gasteiger partial charge in [-0.15, -0.1) is 0 Å². The molecule has 0 aliphatic heterocycles. The Balaban J connectivity index is 1.60. The summed E-state index contributed by atoms with van der Waals surface area (Å²) in [7, 11) is 0. The zero-order valence-electron chi connectivity index (χ0n) is 15.5. The molecule has 0 aliphatic carbocycles. The maximum absolute atomic E-state index is 12.5. The molecule has 6 heteroatoms. The maximum atomic E-state index is 12.5. The summed E-state index contributed by atoms with van der Waals surface area (Å²) in [6, 6.07) is 12.2. The molecule has 1 aromatic carbocycles. The number of aromatic nitrogens is 3. The molecule has 0 radical (unpaired) electrons. The van der Waals surface area contributed by atoms with E-state index in [1.165, 1.54) is 5.56 Å². The molecule has 0 aliphatic rings. The molecule has 0 saturated carbocycles. The van der Waals surface area contributed by atoms with E-state index < -0.39 is 0 Å². The maximum Gasteiger partial charge on any atom is 0.273 e. The number of rotatable bonds is 7. The molecular weight excluding hydrogens is 328 g/mol. The summed E-state index contributed by atoms with van der Waals surface area (Å²) in [5.41, 5.74) is 4.37. The minimum Gasteiger partial charge on any atom is -0.361 e. The highest BCUT2D eigenvalue weighted by atomic mass is 16.5. The van der Waals surface area contributed by atoms with Crippen molar-refractivity contribution in [1.82, 2.24) is 20.3 Å². The van der Waals surface area contributed by atoms with E-state index in [2.05, 4.69) is 27.7 Å². The summed E-state index contributed by atoms with van der Waals surface area (Å²) < 4.78 is 7.12. The molecule has 6 nitrogen and oxygen atoms in total. The Morgan fingerprint density at radius 1 is 1.19 bits per heavy atom. The second-order valence-corrected chi connectivity index (χ2v) is 6.50. The second-order valence-electron chi connectivity index (χ2n) is 6.50. The molecule has 0 bridgehead atoms. The van der Waals surface area contributed by atoms with Gasteiger partial charge in [-0.3, -0.25) is 9.48 Å². The topological polar surface area (TPSA) is 73.0 Å². The van der Waals surface area contributed by atoms with Gasteiger partial charge in [-0.05, 0) is 45.2 Å². The number of aryl methyl sites for hydroxylation is 4. The van der Waals surface area contributed by atoms with Gasteiger partial charge >= 0.3 is 0 Å². The van der Waals surface area contributed by atoms with Gasteiger partial charge in [-0.25, -0.2) is 0 Å². The summed E-state index contributed by atoms with van der Waals surface area (Å²) in [4.78, 5) is 12.5. The predicted octanol–water partition coefficient (Wildman–Crippen LogP) is 3.21. The first kappa shape index (κ1) is 17.9. The van der Waals surface area contributed by atoms with Crippen LogP contribution in [-0.4, -0.2) is 27.4 Å². The van der Waals surface area contributed by atoms with Gasteiger partial charge in [0.25, 0.3) is 5.91 Å². The van der Waals surface area contributed by atoms with Gasteiger partial charge in [0.2, 0.25) is 0 Å². The number of carbonyl (C=O) groups excluding carboxylic acids is 1. The summed E-state index contributed by atoms with van der Waals surface area (Å²) >= 11 is 0. The largest absolute Gasteiger partial charge is 0.361 e. The van der Waals surface area contributed by atoms with Crippen molar-refractivity contribution in [3.63, 3.8) is 0 Å². The Kier molecular flexibility index (Phi) is 5.51. The third-order valence-corrected chi connectivity index (χ3v) is 4.38. The number of carbonyl (C=O) groups is 1. The van der Waals surface area contributed by atoms with Crippen molar-refractivity contribution < 1.29 is 9.32 Å². The molecule has 1 amide bonds. The first-order valence-electron chi connectivity index (χ1n) is 8.83. The van der Waals surface area contributed by atoms with Crippen molar-refractivity contribution in [1.29, 1.82) is 0 Å². The Labute approximate surface area is 153 Å². The molecule has 0 unspecified atom stereocenters. The van der Waals surface area contributed by atoms with Crippen molar-refractivity contribution in [2.75, 3.05) is 6.54 Å². The summed E-state index contributed by atoms with van der Waals surface area (Å²) in [5.74, 6) is 0.443. The quantitative estimate of drug-likeness (QED) is 0.663. The fourth-order valence-electron chi connectivity index (χ4n) is 2.96. The van der Waals surface area contributed by atoms with Crippen molar-refractivity contribution in [2.45, 2.75) is 40.2 Å². The molecule has 0 atom stereocenters. The highest BCUT2D eigenvalue weighted by Crippen LogP contribution is 2.16. The molecule has 2 heterocycles. The van der Waals surface area contributed by atoms with Crippen LogP contribution in [0.3, 0.4) is 0 Å². The van der Waals surface area contributed by atoms with E-state index in [0.717, 1.165) is 29.8 Å². The van der Waals surface area contributed by atoms with Gasteiger partial charge < -0.3 is 9.84 Å². The van der Waals surface area contributed by atoms with Crippen LogP contribution in [0.1, 0.15) is 45.2 Å². The van der Waals surface area contributed by atoms with Gasteiger partial charge in [0.05, 0.1) is 12.2 Å². The number of hydrogen-bond donors (Lipinski definition) is 1. The average Bonchev–Trinajstić information content (AvgIpc) is 3.15. The summed E-state index contributed by atoms with van der Waals surface area (Å²) in [6.45, 7) is 6.83. The van der Waals surface area contributed by atoms with E-state index in [-0.39, 0.29) is 5.91 Å². The molecule has 2 aromatic heterocycles. The van der Waals surface area contributed by atoms with E-state index in [0.29, 0.717) is 24.5 Å². The zero-order chi connectivity index (χ0) is 18.5. The molecule has 0 spiro atoms. The minimum atomic E-state index is -0.202. The van der Waals surface area contributed by atoms with Crippen molar-refractivity contribution in [2.24, 2.45) is 0 Å². The van der Waals surface area contributed by atoms with E-state index in [1.807, 2.05) is 49.7 Å². The zero-order valence-corrected chi connectivity index (χ0v) is 15.5. The van der Waals surface area contributed by atoms with Crippen LogP contribution in [0, 0.1) is 20.8 Å². The standard InChI is InChI=1S/C20H24N4O2/c1-14-12-15(2)24(22-14)13-18-16(3)26-23-19(18)20(25)21-11-7-10-17-8-5-4-6-9-17/h4-6,8-9,12H,7,10-11,13H2,1-3H3,(H,21,25). The van der Waals surface area contributed by atoms with Gasteiger partial charge in [0.1, 0.15) is 5.76 Å². The summed E-state index contributed by atoms with van der Waals surface area (Å²) in [6.07, 6.45) is 1.80. The molecule has 3 aromatic rings. The third-order valence-electron chi connectivity index (χ3n) is 4.38. The average molecular weight is 352 g/mol. The lowest BCUT2D eigenvalue weighted by Crippen LogP contribution is -2.26. The second kappa shape index (κ2) is 7.99. The fraction of sp³-hybridized carbons (Fsp3) is 0.350. The van der Waals surface area contributed by atoms with Crippen LogP contribution in [0.4, 0.5) is 0 Å². The van der Waals surface area contributed by atoms with Crippen LogP contribution in [0.2, 0.25) is 0 Å². The smallest absolute Gasteiger partial charge is 0.273 e. The number of benzene rings is 1. The van der Waals surface area contributed by atoms with Crippen LogP contribution >= 0.6 is 0 Å². The predicted molar refractivity (Wildman–Crippen MR) is 99.1 cm³/mol. The Morgan fingerprint density at radius 2 is 1.96 bits per heavy atom. The molecule has 1 N–H and O–H groups in total. The number of amides is 1. The molecule has 0 fully saturated rings. The van der Waals surface area contributed by atoms with Gasteiger partial charge in [0, 0.05) is 17.8 Å². The Bertz CT molecular complexity index is 881. The number of nitrogens with one attached hydrogen (secondary N) is 1. The van der Waals surface area contributed by atoms with E-state index in [4.69, 9.17) is 4.52 Å². The SMILES string of the molecule is Cc1cc(C)n(Cc2c(C(=O)NCCCc3ccccc3)noc2C)n1. The minimum absolute atomic E-state index is 0.202. The van der Waals surface area contributed by atoms with Crippen molar-refractivity contribution >= 4 is 5.91 Å². The lowest BCUT2D eigenvalue weighted by molar-refractivity contribution is 0.0943. The first-order valence-corrected chi connectivity index (χ1v) is 8.83. The van der Waals surface area contributed by atoms with E-state index in [1.54, 1.807) is 0 Å². The van der Waals surface area contributed by atoms with E-state index in [9.17, 15) is 4.79 Å². The van der Waals surface area contributed by atoms with Gasteiger partial charge in [0.15, 0.2) is 5.69 Å². The monoisotopic (exact) mass is 352 g/mol. The number of hydrogen-bond acceptors (Lipinski definition) is 4. The van der Waals surface area contributed by atoms with Crippen LogP contribution in [0.15, 0.2) is 40.9 Å². The highest BCUT2D eigenvalue weighted by molar-refractivity contribution is 5.93. The highest BCUT2D eigenvalue weighted by Gasteiger charge is 2.20. The Morgan fingerprint density at radius 3 is 2.65 bits per heavy atom. The summed E-state index contributed by atoms with van der Waals surface area (Å²) in [5, 5.41) is 11.3. The first-order chi connectivity index (χ1) is 12.5. The van der Waals surface area contributed by atoms with Crippen LogP contribution in [0.25, 0.3) is 0 Å². The van der Waals surface area contributed by atoms with Gasteiger partial charge in [-0.2, -0.15) is 5.10 Å². The van der Waals surface area contributed by atoms with Gasteiger partial charge in [-0.1, -0.05) is 35.5 Å². The van der Waals surface area contributed by atoms with E-state index >= 15 is 0 Å². The number of nitrogens with zero attached hydrogens (tertiary/aromatic N) is 3. The van der Waals surface area contributed by atoms with Crippen LogP contribution in [-0.2, 0) is 13.0 Å². The lowest BCUT2D eigenvalue weighted by Gasteiger charge is -2.07. The lowest BCUT2D eigenvalue weighted by atomic mass is 10.1. The molecule has 26 heavy (non-hydrogen) atoms.